The predicted molar refractivity (Wildman–Crippen MR) is 129 cm³/mol. The molecule has 2 aliphatic heterocycles. The molecule has 2 aliphatic rings. The zero-order valence-electron chi connectivity index (χ0n) is 17.5. The van der Waals surface area contributed by atoms with Crippen molar-refractivity contribution >= 4 is 41.3 Å². The van der Waals surface area contributed by atoms with E-state index in [2.05, 4.69) is 55.7 Å². The molecule has 1 N–H and O–H groups in total. The normalized spacial score (nSPS) is 22.4. The third-order valence-electron chi connectivity index (χ3n) is 5.87. The van der Waals surface area contributed by atoms with Gasteiger partial charge in [0.15, 0.2) is 5.96 Å². The summed E-state index contributed by atoms with van der Waals surface area (Å²) in [5.41, 5.74) is 1.40. The van der Waals surface area contributed by atoms with Gasteiger partial charge in [-0.2, -0.15) is 11.3 Å². The molecule has 0 aliphatic carbocycles. The van der Waals surface area contributed by atoms with Crippen LogP contribution < -0.4 is 5.32 Å². The number of morpholine rings is 1. The lowest BCUT2D eigenvalue weighted by Gasteiger charge is -2.33. The van der Waals surface area contributed by atoms with E-state index in [1.165, 1.54) is 12.0 Å². The molecular weight excluding hydrogens is 485 g/mol. The van der Waals surface area contributed by atoms with Crippen molar-refractivity contribution in [3.05, 3.63) is 22.4 Å². The molecule has 3 heterocycles. The highest BCUT2D eigenvalue weighted by Crippen LogP contribution is 2.23. The lowest BCUT2D eigenvalue weighted by molar-refractivity contribution is 0.0194. The topological polar surface area (TPSA) is 43.3 Å². The van der Waals surface area contributed by atoms with Crippen LogP contribution in [0, 0.1) is 0 Å². The SMILES string of the molecule is CCN(CC)C(CNC(=NC)N1CCC(N2CCOCC2)C1)c1ccsc1.I. The van der Waals surface area contributed by atoms with E-state index in [1.807, 2.05) is 7.05 Å². The van der Waals surface area contributed by atoms with Crippen LogP contribution in [0.15, 0.2) is 21.8 Å². The third kappa shape index (κ3) is 6.04. The fourth-order valence-corrected chi connectivity index (χ4v) is 4.99. The first kappa shape index (κ1) is 23.9. The highest BCUT2D eigenvalue weighted by atomic mass is 127. The predicted octanol–water partition coefficient (Wildman–Crippen LogP) is 2.73. The van der Waals surface area contributed by atoms with Crippen LogP contribution in [-0.2, 0) is 4.74 Å². The molecule has 160 valence electrons. The average Bonchev–Trinajstić information content (AvgIpc) is 3.41. The van der Waals surface area contributed by atoms with Gasteiger partial charge in [-0.15, -0.1) is 24.0 Å². The van der Waals surface area contributed by atoms with E-state index in [4.69, 9.17) is 4.74 Å². The first-order valence-electron chi connectivity index (χ1n) is 10.3. The maximum Gasteiger partial charge on any atom is 0.193 e. The van der Waals surface area contributed by atoms with Crippen molar-refractivity contribution in [2.45, 2.75) is 32.4 Å². The van der Waals surface area contributed by atoms with E-state index >= 15 is 0 Å². The van der Waals surface area contributed by atoms with Gasteiger partial charge in [0.1, 0.15) is 0 Å². The summed E-state index contributed by atoms with van der Waals surface area (Å²) in [6, 6.07) is 3.27. The average molecular weight is 522 g/mol. The van der Waals surface area contributed by atoms with Crippen LogP contribution in [-0.4, -0.2) is 92.8 Å². The Balaban J connectivity index is 0.00000280. The van der Waals surface area contributed by atoms with Gasteiger partial charge in [-0.25, -0.2) is 0 Å². The van der Waals surface area contributed by atoms with Gasteiger partial charge in [0, 0.05) is 45.8 Å². The second-order valence-corrected chi connectivity index (χ2v) is 8.04. The van der Waals surface area contributed by atoms with Crippen molar-refractivity contribution in [1.82, 2.24) is 20.0 Å². The van der Waals surface area contributed by atoms with E-state index in [1.54, 1.807) is 11.3 Å². The van der Waals surface area contributed by atoms with Gasteiger partial charge in [0.2, 0.25) is 0 Å². The zero-order chi connectivity index (χ0) is 19.1. The Bertz CT molecular complexity index is 575. The monoisotopic (exact) mass is 521 g/mol. The number of hydrogen-bond acceptors (Lipinski definition) is 5. The Morgan fingerprint density at radius 2 is 2.07 bits per heavy atom. The van der Waals surface area contributed by atoms with Crippen molar-refractivity contribution in [3.8, 4) is 0 Å². The van der Waals surface area contributed by atoms with E-state index < -0.39 is 0 Å². The summed E-state index contributed by atoms with van der Waals surface area (Å²) >= 11 is 1.78. The van der Waals surface area contributed by atoms with E-state index in [9.17, 15) is 0 Å². The van der Waals surface area contributed by atoms with Gasteiger partial charge < -0.3 is 15.0 Å². The quantitative estimate of drug-likeness (QED) is 0.340. The molecule has 2 saturated heterocycles. The number of aliphatic imine (C=N–C) groups is 1. The van der Waals surface area contributed by atoms with E-state index in [0.29, 0.717) is 12.1 Å². The van der Waals surface area contributed by atoms with Crippen LogP contribution in [0.4, 0.5) is 0 Å². The summed E-state index contributed by atoms with van der Waals surface area (Å²) in [4.78, 5) is 12.1. The molecule has 0 spiro atoms. The fourth-order valence-electron chi connectivity index (χ4n) is 4.28. The number of rotatable bonds is 7. The molecule has 6 nitrogen and oxygen atoms in total. The Morgan fingerprint density at radius 3 is 2.68 bits per heavy atom. The minimum atomic E-state index is 0. The third-order valence-corrected chi connectivity index (χ3v) is 6.57. The summed E-state index contributed by atoms with van der Waals surface area (Å²) in [6.07, 6.45) is 1.21. The molecule has 0 aromatic carbocycles. The second kappa shape index (κ2) is 12.3. The molecule has 2 atom stereocenters. The lowest BCUT2D eigenvalue weighted by Crippen LogP contribution is -2.47. The van der Waals surface area contributed by atoms with Crippen molar-refractivity contribution in [1.29, 1.82) is 0 Å². The van der Waals surface area contributed by atoms with E-state index in [-0.39, 0.29) is 24.0 Å². The van der Waals surface area contributed by atoms with Crippen molar-refractivity contribution in [2.24, 2.45) is 4.99 Å². The molecule has 28 heavy (non-hydrogen) atoms. The standard InChI is InChI=1S/C20H35N5OS.HI/c1-4-23(5-2)19(17-7-13-27-16-17)14-22-20(21-3)25-8-6-18(15-25)24-9-11-26-12-10-24;/h7,13,16,18-19H,4-6,8-12,14-15H2,1-3H3,(H,21,22);1H. The number of nitrogens with zero attached hydrogens (tertiary/aromatic N) is 4. The van der Waals surface area contributed by atoms with Gasteiger partial charge >= 0.3 is 0 Å². The molecule has 0 amide bonds. The number of halogens is 1. The second-order valence-electron chi connectivity index (χ2n) is 7.26. The molecule has 1 aromatic heterocycles. The number of likely N-dealkylation sites (N-methyl/N-ethyl adjacent to an activating group) is 1. The Morgan fingerprint density at radius 1 is 1.32 bits per heavy atom. The molecular formula is C20H36IN5OS. The Labute approximate surface area is 191 Å². The van der Waals surface area contributed by atoms with Gasteiger partial charge in [0.25, 0.3) is 0 Å². The Kier molecular flexibility index (Phi) is 10.5. The summed E-state index contributed by atoms with van der Waals surface area (Å²) in [5.74, 6) is 1.04. The maximum absolute atomic E-state index is 5.50. The van der Waals surface area contributed by atoms with E-state index in [0.717, 1.165) is 65.0 Å². The summed E-state index contributed by atoms with van der Waals surface area (Å²) in [5, 5.41) is 8.12. The number of thiophene rings is 1. The minimum absolute atomic E-state index is 0. The molecule has 8 heteroatoms. The maximum atomic E-state index is 5.50. The summed E-state index contributed by atoms with van der Waals surface area (Å²) < 4.78 is 5.50. The largest absolute Gasteiger partial charge is 0.379 e. The fraction of sp³-hybridized carbons (Fsp3) is 0.750. The van der Waals surface area contributed by atoms with Crippen LogP contribution in [0.1, 0.15) is 31.9 Å². The molecule has 2 unspecified atom stereocenters. The zero-order valence-corrected chi connectivity index (χ0v) is 20.6. The van der Waals surface area contributed by atoms with Crippen molar-refractivity contribution < 1.29 is 4.74 Å². The molecule has 3 rings (SSSR count). The molecule has 0 radical (unpaired) electrons. The van der Waals surface area contributed by atoms with Crippen molar-refractivity contribution in [3.63, 3.8) is 0 Å². The van der Waals surface area contributed by atoms with Gasteiger partial charge in [0.05, 0.1) is 19.3 Å². The molecule has 2 fully saturated rings. The first-order valence-corrected chi connectivity index (χ1v) is 11.2. The molecule has 1 aromatic rings. The highest BCUT2D eigenvalue weighted by Gasteiger charge is 2.30. The summed E-state index contributed by atoms with van der Waals surface area (Å²) in [7, 11) is 1.90. The van der Waals surface area contributed by atoms with Crippen LogP contribution in [0.3, 0.4) is 0 Å². The van der Waals surface area contributed by atoms with Crippen LogP contribution in [0.2, 0.25) is 0 Å². The van der Waals surface area contributed by atoms with Crippen LogP contribution in [0.25, 0.3) is 0 Å². The minimum Gasteiger partial charge on any atom is -0.379 e. The van der Waals surface area contributed by atoms with Gasteiger partial charge in [-0.3, -0.25) is 14.8 Å². The number of guanidine groups is 1. The number of nitrogens with one attached hydrogen (secondary N) is 1. The lowest BCUT2D eigenvalue weighted by atomic mass is 10.1. The number of likely N-dealkylation sites (tertiary alicyclic amines) is 1. The van der Waals surface area contributed by atoms with Crippen molar-refractivity contribution in [2.75, 3.05) is 66.1 Å². The van der Waals surface area contributed by atoms with Gasteiger partial charge in [-0.1, -0.05) is 13.8 Å². The molecule has 0 bridgehead atoms. The Hall–Kier alpha value is -0.420. The summed E-state index contributed by atoms with van der Waals surface area (Å²) in [6.45, 7) is 13.5. The first-order chi connectivity index (χ1) is 13.3. The van der Waals surface area contributed by atoms with Crippen LogP contribution >= 0.6 is 35.3 Å². The smallest absolute Gasteiger partial charge is 0.193 e. The molecule has 0 saturated carbocycles. The van der Waals surface area contributed by atoms with Crippen LogP contribution in [0.5, 0.6) is 0 Å². The number of hydrogen-bond donors (Lipinski definition) is 1. The van der Waals surface area contributed by atoms with Gasteiger partial charge in [-0.05, 0) is 41.9 Å². The highest BCUT2D eigenvalue weighted by molar-refractivity contribution is 14.0. The number of ether oxygens (including phenoxy) is 1.